The molecule has 1 amide bonds. The lowest BCUT2D eigenvalue weighted by Crippen LogP contribution is -2.00. The van der Waals surface area contributed by atoms with Crippen molar-refractivity contribution in [3.05, 3.63) is 23.8 Å². The largest absolute Gasteiger partial charge is 0.493 e. The molecule has 1 aromatic heterocycles. The Morgan fingerprint density at radius 1 is 1.23 bits per heavy atom. The second-order valence-electron chi connectivity index (χ2n) is 7.43. The number of carbonyl (C=O) groups excluding carboxylic acids is 1. The van der Waals surface area contributed by atoms with E-state index in [1.54, 1.807) is 0 Å². The summed E-state index contributed by atoms with van der Waals surface area (Å²) < 4.78 is 1.87. The maximum Gasteiger partial charge on any atom is 0.264 e. The fraction of sp³-hybridized carbons (Fsp3) is 0.571. The summed E-state index contributed by atoms with van der Waals surface area (Å²) in [4.78, 5) is 12.0. The van der Waals surface area contributed by atoms with Gasteiger partial charge in [-0.1, -0.05) is 51.7 Å². The number of amides is 1. The third-order valence-corrected chi connectivity index (χ3v) is 4.60. The van der Waals surface area contributed by atoms with Crippen molar-refractivity contribution >= 4 is 22.5 Å². The molecular formula is C21H31N3O2. The summed E-state index contributed by atoms with van der Waals surface area (Å²) in [5.74, 6) is 0.400. The van der Waals surface area contributed by atoms with Crippen molar-refractivity contribution in [3.63, 3.8) is 0 Å². The van der Waals surface area contributed by atoms with E-state index in [-0.39, 0.29) is 11.8 Å². The summed E-state index contributed by atoms with van der Waals surface area (Å²) in [7, 11) is 0. The van der Waals surface area contributed by atoms with Gasteiger partial charge in [0.05, 0.1) is 5.52 Å². The highest BCUT2D eigenvalue weighted by Crippen LogP contribution is 2.39. The van der Waals surface area contributed by atoms with E-state index in [0.717, 1.165) is 48.6 Å². The molecule has 0 radical (unpaired) electrons. The number of nitrogens with zero attached hydrogens (tertiary/aromatic N) is 3. The molecule has 0 saturated carbocycles. The molecule has 2 rings (SSSR count). The second-order valence-corrected chi connectivity index (χ2v) is 7.43. The standard InChI is InChI=1S/C21H31N3O2/c1-5-6-7-8-9-19(25)22-23-20-17-14-16(4)10-11-18(17)24(21(20)26)13-12-15(2)3/h10-11,14-15,26H,5-9,12-13H2,1-4H3. The van der Waals surface area contributed by atoms with Crippen LogP contribution in [-0.4, -0.2) is 15.6 Å². The molecule has 1 heterocycles. The van der Waals surface area contributed by atoms with Crippen LogP contribution in [0.4, 0.5) is 5.69 Å². The first-order chi connectivity index (χ1) is 12.4. The van der Waals surface area contributed by atoms with Gasteiger partial charge >= 0.3 is 0 Å². The number of aromatic nitrogens is 1. The Morgan fingerprint density at radius 2 is 2.00 bits per heavy atom. The van der Waals surface area contributed by atoms with Gasteiger partial charge in [0.15, 0.2) is 5.69 Å². The number of rotatable bonds is 9. The van der Waals surface area contributed by atoms with Gasteiger partial charge in [0.1, 0.15) is 0 Å². The molecule has 0 aliphatic carbocycles. The van der Waals surface area contributed by atoms with Crippen molar-refractivity contribution in [1.82, 2.24) is 4.57 Å². The summed E-state index contributed by atoms with van der Waals surface area (Å²) in [6, 6.07) is 6.00. The smallest absolute Gasteiger partial charge is 0.264 e. The van der Waals surface area contributed by atoms with Gasteiger partial charge in [0, 0.05) is 18.4 Å². The minimum atomic E-state index is -0.226. The summed E-state index contributed by atoms with van der Waals surface area (Å²) in [6.07, 6.45) is 5.52. The Morgan fingerprint density at radius 3 is 2.69 bits per heavy atom. The molecule has 142 valence electrons. The summed E-state index contributed by atoms with van der Waals surface area (Å²) in [5.41, 5.74) is 2.41. The van der Waals surface area contributed by atoms with Gasteiger partial charge in [-0.25, -0.2) is 0 Å². The van der Waals surface area contributed by atoms with Crippen molar-refractivity contribution < 1.29 is 9.90 Å². The van der Waals surface area contributed by atoms with Crippen LogP contribution in [0.25, 0.3) is 10.9 Å². The van der Waals surface area contributed by atoms with Crippen molar-refractivity contribution in [2.75, 3.05) is 0 Å². The van der Waals surface area contributed by atoms with Crippen molar-refractivity contribution in [3.8, 4) is 5.88 Å². The van der Waals surface area contributed by atoms with Crippen LogP contribution >= 0.6 is 0 Å². The van der Waals surface area contributed by atoms with Gasteiger partial charge in [-0.05, 0) is 37.8 Å². The van der Waals surface area contributed by atoms with E-state index in [1.165, 1.54) is 0 Å². The van der Waals surface area contributed by atoms with E-state index < -0.39 is 0 Å². The number of hydrogen-bond acceptors (Lipinski definition) is 3. The Balaban J connectivity index is 2.25. The molecule has 0 atom stereocenters. The fourth-order valence-corrected chi connectivity index (χ4v) is 3.01. The molecule has 1 aromatic carbocycles. The van der Waals surface area contributed by atoms with Crippen LogP contribution in [0.15, 0.2) is 28.4 Å². The quantitative estimate of drug-likeness (QED) is 0.424. The SMILES string of the molecule is CCCCCCC(=O)N=Nc1c(O)n(CCC(C)C)c2ccc(C)cc12. The average Bonchev–Trinajstić information content (AvgIpc) is 2.85. The molecule has 2 aromatic rings. The van der Waals surface area contributed by atoms with Crippen LogP contribution in [0.3, 0.4) is 0 Å². The molecule has 0 aliphatic rings. The molecule has 0 spiro atoms. The summed E-state index contributed by atoms with van der Waals surface area (Å²) >= 11 is 0. The second kappa shape index (κ2) is 9.51. The van der Waals surface area contributed by atoms with Gasteiger partial charge in [-0.15, -0.1) is 10.2 Å². The number of aryl methyl sites for hydroxylation is 2. The predicted octanol–water partition coefficient (Wildman–Crippen LogP) is 6.28. The first kappa shape index (κ1) is 20.1. The van der Waals surface area contributed by atoms with Crippen LogP contribution in [0.2, 0.25) is 0 Å². The molecule has 0 aliphatic heterocycles. The first-order valence-corrected chi connectivity index (χ1v) is 9.70. The van der Waals surface area contributed by atoms with E-state index >= 15 is 0 Å². The number of unbranched alkanes of at least 4 members (excludes halogenated alkanes) is 3. The molecular weight excluding hydrogens is 326 g/mol. The molecule has 0 saturated heterocycles. The summed E-state index contributed by atoms with van der Waals surface area (Å²) in [5, 5.41) is 19.5. The van der Waals surface area contributed by atoms with Crippen LogP contribution in [0, 0.1) is 12.8 Å². The number of azo groups is 1. The lowest BCUT2D eigenvalue weighted by molar-refractivity contribution is -0.118. The van der Waals surface area contributed by atoms with E-state index in [0.29, 0.717) is 24.6 Å². The summed E-state index contributed by atoms with van der Waals surface area (Å²) in [6.45, 7) is 9.17. The molecule has 5 heteroatoms. The monoisotopic (exact) mass is 357 g/mol. The Hall–Kier alpha value is -2.17. The highest BCUT2D eigenvalue weighted by Gasteiger charge is 2.17. The highest BCUT2D eigenvalue weighted by atomic mass is 16.3. The van der Waals surface area contributed by atoms with Crippen LogP contribution < -0.4 is 0 Å². The minimum absolute atomic E-state index is 0.0915. The number of benzene rings is 1. The number of fused-ring (bicyclic) bond motifs is 1. The predicted molar refractivity (Wildman–Crippen MR) is 106 cm³/mol. The van der Waals surface area contributed by atoms with Gasteiger partial charge in [-0.3, -0.25) is 4.79 Å². The molecule has 1 N–H and O–H groups in total. The van der Waals surface area contributed by atoms with Gasteiger partial charge in [0.2, 0.25) is 5.88 Å². The number of hydrogen-bond donors (Lipinski definition) is 1. The maximum atomic E-state index is 12.0. The lowest BCUT2D eigenvalue weighted by atomic mass is 10.1. The van der Waals surface area contributed by atoms with Crippen LogP contribution in [0.5, 0.6) is 5.88 Å². The third-order valence-electron chi connectivity index (χ3n) is 4.60. The van der Waals surface area contributed by atoms with Gasteiger partial charge in [-0.2, -0.15) is 0 Å². The van der Waals surface area contributed by atoms with E-state index in [9.17, 15) is 9.90 Å². The molecule has 26 heavy (non-hydrogen) atoms. The van der Waals surface area contributed by atoms with Crippen molar-refractivity contribution in [2.45, 2.75) is 72.8 Å². The Kier molecular flexibility index (Phi) is 7.37. The fourth-order valence-electron chi connectivity index (χ4n) is 3.01. The van der Waals surface area contributed by atoms with E-state index in [2.05, 4.69) is 31.0 Å². The topological polar surface area (TPSA) is 66.9 Å². The van der Waals surface area contributed by atoms with Crippen molar-refractivity contribution in [1.29, 1.82) is 0 Å². The first-order valence-electron chi connectivity index (χ1n) is 9.70. The van der Waals surface area contributed by atoms with Gasteiger partial charge < -0.3 is 9.67 Å². The normalized spacial score (nSPS) is 11.9. The van der Waals surface area contributed by atoms with Crippen molar-refractivity contribution in [2.24, 2.45) is 16.1 Å². The zero-order chi connectivity index (χ0) is 19.1. The molecule has 0 bridgehead atoms. The molecule has 0 unspecified atom stereocenters. The Bertz CT molecular complexity index is 775. The lowest BCUT2D eigenvalue weighted by Gasteiger charge is -2.09. The van der Waals surface area contributed by atoms with E-state index in [4.69, 9.17) is 0 Å². The maximum absolute atomic E-state index is 12.0. The molecule has 0 fully saturated rings. The van der Waals surface area contributed by atoms with Gasteiger partial charge in [0.25, 0.3) is 5.91 Å². The number of aromatic hydroxyl groups is 1. The third kappa shape index (κ3) is 5.16. The zero-order valence-electron chi connectivity index (χ0n) is 16.5. The zero-order valence-corrected chi connectivity index (χ0v) is 16.5. The minimum Gasteiger partial charge on any atom is -0.493 e. The average molecular weight is 357 g/mol. The highest BCUT2D eigenvalue weighted by molar-refractivity contribution is 5.95. The van der Waals surface area contributed by atoms with E-state index in [1.807, 2.05) is 29.7 Å². The van der Waals surface area contributed by atoms with Crippen LogP contribution in [0.1, 0.15) is 64.9 Å². The Labute approximate surface area is 156 Å². The van der Waals surface area contributed by atoms with Crippen LogP contribution in [-0.2, 0) is 11.3 Å². The number of carbonyl (C=O) groups is 1. The molecule has 5 nitrogen and oxygen atoms in total.